The standard InChI is InChI=1S/C21H21N3O3/c1-2-7-19-22-17-10-5-6-11-18(17)23(19)12-14(25)13-24-20(26)15-8-3-4-9-16(15)21(24)27/h3-6,8-11,14,25H,2,7,12-13H2,1H3/t14-/m0/s1. The first kappa shape index (κ1) is 17.4. The zero-order valence-corrected chi connectivity index (χ0v) is 15.1. The predicted octanol–water partition coefficient (Wildman–Crippen LogP) is 2.65. The lowest BCUT2D eigenvalue weighted by Crippen LogP contribution is -2.38. The molecule has 0 fully saturated rings. The largest absolute Gasteiger partial charge is 0.389 e. The van der Waals surface area contributed by atoms with Crippen LogP contribution >= 0.6 is 0 Å². The van der Waals surface area contributed by atoms with Gasteiger partial charge in [0.15, 0.2) is 0 Å². The quantitative estimate of drug-likeness (QED) is 0.683. The van der Waals surface area contributed by atoms with Crippen molar-refractivity contribution in [1.29, 1.82) is 0 Å². The maximum absolute atomic E-state index is 12.5. The summed E-state index contributed by atoms with van der Waals surface area (Å²) in [5.41, 5.74) is 2.63. The highest BCUT2D eigenvalue weighted by molar-refractivity contribution is 6.21. The Morgan fingerprint density at radius 2 is 1.59 bits per heavy atom. The molecule has 4 rings (SSSR count). The first-order valence-corrected chi connectivity index (χ1v) is 9.17. The number of rotatable bonds is 6. The summed E-state index contributed by atoms with van der Waals surface area (Å²) in [4.78, 5) is 30.8. The van der Waals surface area contributed by atoms with E-state index in [0.717, 1.165) is 34.6 Å². The number of aliphatic hydroxyl groups excluding tert-OH is 1. The van der Waals surface area contributed by atoms with Gasteiger partial charge in [-0.25, -0.2) is 4.98 Å². The Bertz CT molecular complexity index is 989. The van der Waals surface area contributed by atoms with Crippen molar-refractivity contribution in [2.24, 2.45) is 0 Å². The van der Waals surface area contributed by atoms with Gasteiger partial charge in [-0.05, 0) is 30.7 Å². The molecule has 0 aliphatic carbocycles. The molecule has 0 saturated carbocycles. The number of hydrogen-bond acceptors (Lipinski definition) is 4. The Hall–Kier alpha value is -2.99. The molecule has 1 aliphatic heterocycles. The molecule has 3 aromatic rings. The molecule has 1 atom stereocenters. The topological polar surface area (TPSA) is 75.4 Å². The van der Waals surface area contributed by atoms with E-state index in [2.05, 4.69) is 11.9 Å². The van der Waals surface area contributed by atoms with Crippen LogP contribution in [0, 0.1) is 0 Å². The molecule has 0 spiro atoms. The average Bonchev–Trinajstić information content (AvgIpc) is 3.13. The van der Waals surface area contributed by atoms with Gasteiger partial charge < -0.3 is 9.67 Å². The molecule has 138 valence electrons. The van der Waals surface area contributed by atoms with E-state index >= 15 is 0 Å². The van der Waals surface area contributed by atoms with Gasteiger partial charge in [0.25, 0.3) is 11.8 Å². The molecule has 27 heavy (non-hydrogen) atoms. The summed E-state index contributed by atoms with van der Waals surface area (Å²) in [5.74, 6) is 0.206. The zero-order valence-electron chi connectivity index (χ0n) is 15.1. The van der Waals surface area contributed by atoms with E-state index in [4.69, 9.17) is 0 Å². The monoisotopic (exact) mass is 363 g/mol. The van der Waals surface area contributed by atoms with Crippen molar-refractivity contribution in [3.8, 4) is 0 Å². The molecule has 6 heteroatoms. The number of fused-ring (bicyclic) bond motifs is 2. The number of hydrogen-bond donors (Lipinski definition) is 1. The number of para-hydroxylation sites is 2. The van der Waals surface area contributed by atoms with Crippen molar-refractivity contribution in [3.05, 3.63) is 65.5 Å². The minimum absolute atomic E-state index is 0.0373. The minimum Gasteiger partial charge on any atom is -0.389 e. The second-order valence-electron chi connectivity index (χ2n) is 6.80. The first-order chi connectivity index (χ1) is 13.1. The number of aliphatic hydroxyl groups is 1. The van der Waals surface area contributed by atoms with Gasteiger partial charge in [-0.3, -0.25) is 14.5 Å². The summed E-state index contributed by atoms with van der Waals surface area (Å²) in [5, 5.41) is 10.7. The highest BCUT2D eigenvalue weighted by Crippen LogP contribution is 2.23. The third kappa shape index (κ3) is 3.02. The number of amides is 2. The van der Waals surface area contributed by atoms with Crippen LogP contribution in [0.25, 0.3) is 11.0 Å². The number of benzene rings is 2. The molecular weight excluding hydrogens is 342 g/mol. The van der Waals surface area contributed by atoms with Crippen molar-refractivity contribution in [1.82, 2.24) is 14.5 Å². The van der Waals surface area contributed by atoms with Gasteiger partial charge in [-0.1, -0.05) is 31.2 Å². The molecular formula is C21H21N3O3. The minimum atomic E-state index is -0.875. The summed E-state index contributed by atoms with van der Waals surface area (Å²) >= 11 is 0. The van der Waals surface area contributed by atoms with Crippen LogP contribution < -0.4 is 0 Å². The van der Waals surface area contributed by atoms with Crippen molar-refractivity contribution in [2.45, 2.75) is 32.4 Å². The number of aryl methyl sites for hydroxylation is 1. The fraction of sp³-hybridized carbons (Fsp3) is 0.286. The molecule has 2 heterocycles. The molecule has 1 aliphatic rings. The van der Waals surface area contributed by atoms with Crippen molar-refractivity contribution >= 4 is 22.8 Å². The lowest BCUT2D eigenvalue weighted by Gasteiger charge is -2.20. The Kier molecular flexibility index (Phi) is 4.49. The normalized spacial score (nSPS) is 14.8. The predicted molar refractivity (Wildman–Crippen MR) is 102 cm³/mol. The maximum Gasteiger partial charge on any atom is 0.261 e. The molecule has 2 aromatic carbocycles. The Labute approximate surface area is 157 Å². The summed E-state index contributed by atoms with van der Waals surface area (Å²) in [6.45, 7) is 2.33. The van der Waals surface area contributed by atoms with E-state index in [1.165, 1.54) is 0 Å². The van der Waals surface area contributed by atoms with Crippen LogP contribution in [0.3, 0.4) is 0 Å². The molecule has 1 aromatic heterocycles. The number of carbonyl (C=O) groups excluding carboxylic acids is 2. The number of aromatic nitrogens is 2. The van der Waals surface area contributed by atoms with Crippen molar-refractivity contribution in [2.75, 3.05) is 6.54 Å². The number of β-amino-alcohol motifs (C(OH)–C–C–N with tert-alkyl or cyclic N) is 1. The summed E-state index contributed by atoms with van der Waals surface area (Å²) < 4.78 is 1.99. The third-order valence-electron chi connectivity index (χ3n) is 4.87. The van der Waals surface area contributed by atoms with Gasteiger partial charge in [-0.15, -0.1) is 0 Å². The van der Waals surface area contributed by atoms with Gasteiger partial charge >= 0.3 is 0 Å². The van der Waals surface area contributed by atoms with Crippen LogP contribution in [0.15, 0.2) is 48.5 Å². The fourth-order valence-electron chi connectivity index (χ4n) is 3.63. The van der Waals surface area contributed by atoms with Gasteiger partial charge in [0.2, 0.25) is 0 Å². The fourth-order valence-corrected chi connectivity index (χ4v) is 3.63. The van der Waals surface area contributed by atoms with E-state index < -0.39 is 6.10 Å². The average molecular weight is 363 g/mol. The van der Waals surface area contributed by atoms with Crippen LogP contribution in [-0.2, 0) is 13.0 Å². The lowest BCUT2D eigenvalue weighted by molar-refractivity contribution is 0.0522. The van der Waals surface area contributed by atoms with Crippen LogP contribution in [0.1, 0.15) is 39.9 Å². The molecule has 0 bridgehead atoms. The highest BCUT2D eigenvalue weighted by atomic mass is 16.3. The van der Waals surface area contributed by atoms with E-state index in [1.54, 1.807) is 24.3 Å². The Morgan fingerprint density at radius 1 is 0.963 bits per heavy atom. The van der Waals surface area contributed by atoms with E-state index in [-0.39, 0.29) is 24.9 Å². The number of imidazole rings is 1. The number of imide groups is 1. The lowest BCUT2D eigenvalue weighted by atomic mass is 10.1. The molecule has 2 amide bonds. The second-order valence-corrected chi connectivity index (χ2v) is 6.80. The third-order valence-corrected chi connectivity index (χ3v) is 4.87. The molecule has 0 radical (unpaired) electrons. The smallest absolute Gasteiger partial charge is 0.261 e. The molecule has 0 unspecified atom stereocenters. The molecule has 6 nitrogen and oxygen atoms in total. The van der Waals surface area contributed by atoms with Crippen LogP contribution in [0.4, 0.5) is 0 Å². The first-order valence-electron chi connectivity index (χ1n) is 9.17. The highest BCUT2D eigenvalue weighted by Gasteiger charge is 2.36. The Balaban J connectivity index is 1.56. The second kappa shape index (κ2) is 6.96. The van der Waals surface area contributed by atoms with Crippen molar-refractivity contribution < 1.29 is 14.7 Å². The number of nitrogens with zero attached hydrogens (tertiary/aromatic N) is 3. The van der Waals surface area contributed by atoms with Gasteiger partial charge in [-0.2, -0.15) is 0 Å². The van der Waals surface area contributed by atoms with Crippen LogP contribution in [-0.4, -0.2) is 44.0 Å². The van der Waals surface area contributed by atoms with Crippen molar-refractivity contribution in [3.63, 3.8) is 0 Å². The molecule has 0 saturated heterocycles. The maximum atomic E-state index is 12.5. The van der Waals surface area contributed by atoms with Gasteiger partial charge in [0, 0.05) is 6.42 Å². The van der Waals surface area contributed by atoms with E-state index in [9.17, 15) is 14.7 Å². The van der Waals surface area contributed by atoms with E-state index in [1.807, 2.05) is 28.8 Å². The summed E-state index contributed by atoms with van der Waals surface area (Å²) in [6, 6.07) is 14.5. The molecule has 1 N–H and O–H groups in total. The van der Waals surface area contributed by atoms with Gasteiger partial charge in [0.1, 0.15) is 5.82 Å². The Morgan fingerprint density at radius 3 is 2.26 bits per heavy atom. The van der Waals surface area contributed by atoms with Crippen LogP contribution in [0.5, 0.6) is 0 Å². The summed E-state index contributed by atoms with van der Waals surface area (Å²) in [7, 11) is 0. The summed E-state index contributed by atoms with van der Waals surface area (Å²) in [6.07, 6.45) is 0.868. The van der Waals surface area contributed by atoms with E-state index in [0.29, 0.717) is 11.1 Å². The van der Waals surface area contributed by atoms with Gasteiger partial charge in [0.05, 0.1) is 41.4 Å². The SMILES string of the molecule is CCCc1nc2ccccc2n1C[C@H](O)CN1C(=O)c2ccccc2C1=O. The number of carbonyl (C=O) groups is 2. The van der Waals surface area contributed by atoms with Crippen LogP contribution in [0.2, 0.25) is 0 Å². The zero-order chi connectivity index (χ0) is 19.0.